The molecule has 0 amide bonds. The molecule has 0 aliphatic rings. The number of nitrogens with zero attached hydrogens (tertiary/aromatic N) is 2. The molecule has 92 valence electrons. The highest BCUT2D eigenvalue weighted by molar-refractivity contribution is 5.85. The van der Waals surface area contributed by atoms with Gasteiger partial charge in [0.25, 0.3) is 0 Å². The first-order chi connectivity index (χ1) is 8.17. The largest absolute Gasteiger partial charge is 0.463 e. The molecule has 1 heterocycles. The van der Waals surface area contributed by atoms with Gasteiger partial charge in [-0.3, -0.25) is 0 Å². The molecule has 0 aliphatic carbocycles. The predicted octanol–water partition coefficient (Wildman–Crippen LogP) is 1.95. The van der Waals surface area contributed by atoms with Crippen molar-refractivity contribution >= 4 is 11.8 Å². The van der Waals surface area contributed by atoms with Crippen molar-refractivity contribution in [2.45, 2.75) is 20.3 Å². The highest BCUT2D eigenvalue weighted by Gasteiger charge is 2.10. The number of hydrogen-bond acceptors (Lipinski definition) is 5. The van der Waals surface area contributed by atoms with Crippen LogP contribution < -0.4 is 5.32 Å². The summed E-state index contributed by atoms with van der Waals surface area (Å²) < 4.78 is 4.59. The second-order valence-electron chi connectivity index (χ2n) is 3.49. The van der Waals surface area contributed by atoms with E-state index >= 15 is 0 Å². The quantitative estimate of drug-likeness (QED) is 0.480. The Hall–Kier alpha value is -1.91. The molecule has 1 N–H and O–H groups in total. The zero-order chi connectivity index (χ0) is 12.7. The first-order valence-corrected chi connectivity index (χ1v) is 5.46. The normalized spacial score (nSPS) is 10.5. The number of hydrogen-bond donors (Lipinski definition) is 1. The van der Waals surface area contributed by atoms with Crippen molar-refractivity contribution in [1.82, 2.24) is 9.97 Å². The molecule has 1 aromatic rings. The van der Waals surface area contributed by atoms with Crippen LogP contribution in [0.25, 0.3) is 0 Å². The van der Waals surface area contributed by atoms with Crippen LogP contribution >= 0.6 is 0 Å². The van der Waals surface area contributed by atoms with Crippen LogP contribution in [0.1, 0.15) is 29.7 Å². The van der Waals surface area contributed by atoms with Gasteiger partial charge in [-0.2, -0.15) is 0 Å². The fraction of sp³-hybridized carbons (Fsp3) is 0.417. The first-order valence-electron chi connectivity index (χ1n) is 5.46. The monoisotopic (exact) mass is 235 g/mol. The van der Waals surface area contributed by atoms with E-state index in [9.17, 15) is 4.79 Å². The Morgan fingerprint density at radius 3 is 2.94 bits per heavy atom. The molecule has 0 atom stereocenters. The summed E-state index contributed by atoms with van der Waals surface area (Å²) in [5.74, 6) is 0.202. The summed E-state index contributed by atoms with van der Waals surface area (Å²) in [5.41, 5.74) is 0.730. The lowest BCUT2D eigenvalue weighted by molar-refractivity contribution is 0.0586. The second kappa shape index (κ2) is 6.62. The van der Waals surface area contributed by atoms with Crippen LogP contribution in [0.5, 0.6) is 0 Å². The van der Waals surface area contributed by atoms with Gasteiger partial charge in [0.05, 0.1) is 7.11 Å². The molecule has 0 saturated heterocycles. The third-order valence-corrected chi connectivity index (χ3v) is 2.08. The Labute approximate surface area is 101 Å². The summed E-state index contributed by atoms with van der Waals surface area (Å²) >= 11 is 0. The minimum atomic E-state index is -0.523. The lowest BCUT2D eigenvalue weighted by Crippen LogP contribution is -2.11. The fourth-order valence-corrected chi connectivity index (χ4v) is 1.29. The highest BCUT2D eigenvalue weighted by atomic mass is 16.5. The van der Waals surface area contributed by atoms with Gasteiger partial charge in [0, 0.05) is 18.3 Å². The molecular formula is C12H17N3O2. The number of carbonyl (C=O) groups excluding carboxylic acids is 1. The molecular weight excluding hydrogens is 218 g/mol. The van der Waals surface area contributed by atoms with Crippen molar-refractivity contribution in [2.75, 3.05) is 19.0 Å². The number of aryl methyl sites for hydroxylation is 1. The minimum Gasteiger partial charge on any atom is -0.463 e. The maximum Gasteiger partial charge on any atom is 0.376 e. The summed E-state index contributed by atoms with van der Waals surface area (Å²) in [4.78, 5) is 19.4. The van der Waals surface area contributed by atoms with Crippen molar-refractivity contribution in [3.8, 4) is 0 Å². The molecule has 0 aliphatic heterocycles. The van der Waals surface area contributed by atoms with Gasteiger partial charge in [-0.1, -0.05) is 12.2 Å². The van der Waals surface area contributed by atoms with Gasteiger partial charge in [-0.25, -0.2) is 14.8 Å². The number of esters is 1. The van der Waals surface area contributed by atoms with E-state index < -0.39 is 5.97 Å². The molecule has 0 spiro atoms. The Morgan fingerprint density at radius 1 is 1.53 bits per heavy atom. The number of ether oxygens (including phenoxy) is 1. The van der Waals surface area contributed by atoms with E-state index in [-0.39, 0.29) is 5.82 Å². The molecule has 0 bridgehead atoms. The number of methoxy groups -OCH3 is 1. The van der Waals surface area contributed by atoms with Gasteiger partial charge < -0.3 is 10.1 Å². The van der Waals surface area contributed by atoms with Crippen LogP contribution in [0.4, 0.5) is 5.82 Å². The molecule has 5 nitrogen and oxygen atoms in total. The predicted molar refractivity (Wildman–Crippen MR) is 66.0 cm³/mol. The lowest BCUT2D eigenvalue weighted by Gasteiger charge is -2.06. The average molecular weight is 235 g/mol. The van der Waals surface area contributed by atoms with Gasteiger partial charge >= 0.3 is 5.97 Å². The van der Waals surface area contributed by atoms with Crippen LogP contribution in [0, 0.1) is 6.92 Å². The maximum atomic E-state index is 11.3. The number of carbonyl (C=O) groups is 1. The topological polar surface area (TPSA) is 64.1 Å². The number of anilines is 1. The van der Waals surface area contributed by atoms with Crippen LogP contribution in [-0.4, -0.2) is 29.6 Å². The molecule has 17 heavy (non-hydrogen) atoms. The molecule has 1 rings (SSSR count). The fourth-order valence-electron chi connectivity index (χ4n) is 1.29. The summed E-state index contributed by atoms with van der Waals surface area (Å²) in [6, 6.07) is 1.79. The number of nitrogens with one attached hydrogen (secondary N) is 1. The van der Waals surface area contributed by atoms with Gasteiger partial charge in [0.2, 0.25) is 5.82 Å². The molecule has 0 unspecified atom stereocenters. The summed E-state index contributed by atoms with van der Waals surface area (Å²) in [5, 5.41) is 3.13. The summed E-state index contributed by atoms with van der Waals surface area (Å²) in [6.45, 7) is 4.55. The second-order valence-corrected chi connectivity index (χ2v) is 3.49. The smallest absolute Gasteiger partial charge is 0.376 e. The highest BCUT2D eigenvalue weighted by Crippen LogP contribution is 2.07. The van der Waals surface area contributed by atoms with E-state index in [1.165, 1.54) is 7.11 Å². The third-order valence-electron chi connectivity index (χ3n) is 2.08. The molecule has 0 fully saturated rings. The van der Waals surface area contributed by atoms with E-state index in [0.717, 1.165) is 18.7 Å². The van der Waals surface area contributed by atoms with Crippen LogP contribution in [0.15, 0.2) is 18.2 Å². The van der Waals surface area contributed by atoms with E-state index in [2.05, 4.69) is 26.1 Å². The van der Waals surface area contributed by atoms with E-state index in [1.807, 2.05) is 19.9 Å². The zero-order valence-electron chi connectivity index (χ0n) is 10.4. The molecule has 1 aromatic heterocycles. The van der Waals surface area contributed by atoms with Crippen molar-refractivity contribution < 1.29 is 9.53 Å². The Morgan fingerprint density at radius 2 is 2.29 bits per heavy atom. The minimum absolute atomic E-state index is 0.0843. The van der Waals surface area contributed by atoms with Crippen LogP contribution in [-0.2, 0) is 4.74 Å². The van der Waals surface area contributed by atoms with Crippen molar-refractivity contribution in [3.63, 3.8) is 0 Å². The van der Waals surface area contributed by atoms with Crippen molar-refractivity contribution in [2.24, 2.45) is 0 Å². The number of aromatic nitrogens is 2. The zero-order valence-corrected chi connectivity index (χ0v) is 10.4. The molecule has 0 aromatic carbocycles. The Kier molecular flexibility index (Phi) is 5.13. The number of rotatable bonds is 5. The van der Waals surface area contributed by atoms with Crippen LogP contribution in [0.2, 0.25) is 0 Å². The van der Waals surface area contributed by atoms with Crippen LogP contribution in [0.3, 0.4) is 0 Å². The van der Waals surface area contributed by atoms with Crippen molar-refractivity contribution in [1.29, 1.82) is 0 Å². The molecule has 5 heteroatoms. The van der Waals surface area contributed by atoms with Crippen molar-refractivity contribution in [3.05, 3.63) is 29.7 Å². The average Bonchev–Trinajstić information content (AvgIpc) is 2.33. The standard InChI is InChI=1S/C12H17N3O2/c1-4-5-6-7-13-10-8-9(2)14-11(15-10)12(16)17-3/h4-5,8H,6-7H2,1-3H3,(H,13,14,15)/b5-4+. The summed E-state index contributed by atoms with van der Waals surface area (Å²) in [7, 11) is 1.31. The third kappa shape index (κ3) is 4.22. The maximum absolute atomic E-state index is 11.3. The van der Waals surface area contributed by atoms with Gasteiger partial charge in [0.1, 0.15) is 5.82 Å². The van der Waals surface area contributed by atoms with Gasteiger partial charge in [-0.15, -0.1) is 0 Å². The SMILES string of the molecule is C/C=C/CCNc1cc(C)nc(C(=O)OC)n1. The van der Waals surface area contributed by atoms with E-state index in [4.69, 9.17) is 0 Å². The molecule has 0 saturated carbocycles. The van der Waals surface area contributed by atoms with Gasteiger partial charge in [-0.05, 0) is 20.3 Å². The Bertz CT molecular complexity index is 416. The van der Waals surface area contributed by atoms with E-state index in [0.29, 0.717) is 5.82 Å². The number of allylic oxidation sites excluding steroid dienone is 1. The summed E-state index contributed by atoms with van der Waals surface area (Å²) in [6.07, 6.45) is 4.96. The van der Waals surface area contributed by atoms with E-state index in [1.54, 1.807) is 6.07 Å². The first kappa shape index (κ1) is 13.2. The molecule has 0 radical (unpaired) electrons. The van der Waals surface area contributed by atoms with Gasteiger partial charge in [0.15, 0.2) is 0 Å². The lowest BCUT2D eigenvalue weighted by atomic mass is 10.3. The Balaban J connectivity index is 2.72.